The molecule has 4 rings (SSSR count). The first-order valence-corrected chi connectivity index (χ1v) is 12.3. The smallest absolute Gasteiger partial charge is 0.267 e. The number of halogens is 1. The molecule has 1 aliphatic rings. The van der Waals surface area contributed by atoms with Crippen LogP contribution >= 0.6 is 22.9 Å². The molecular weight excluding hydrogens is 458 g/mol. The predicted molar refractivity (Wildman–Crippen MR) is 121 cm³/mol. The van der Waals surface area contributed by atoms with Crippen LogP contribution in [0, 0.1) is 6.92 Å². The van der Waals surface area contributed by atoms with Gasteiger partial charge >= 0.3 is 0 Å². The molecule has 0 spiro atoms. The van der Waals surface area contributed by atoms with Gasteiger partial charge in [0.25, 0.3) is 5.91 Å². The Kier molecular flexibility index (Phi) is 6.02. The maximum Gasteiger partial charge on any atom is 0.267 e. The minimum absolute atomic E-state index is 0.0300. The first-order valence-electron chi connectivity index (χ1n) is 9.63. The fourth-order valence-electron chi connectivity index (χ4n) is 3.38. The van der Waals surface area contributed by atoms with E-state index in [1.807, 2.05) is 6.07 Å². The lowest BCUT2D eigenvalue weighted by atomic mass is 10.2. The van der Waals surface area contributed by atoms with E-state index in [0.29, 0.717) is 33.7 Å². The van der Waals surface area contributed by atoms with E-state index in [1.54, 1.807) is 25.1 Å². The Morgan fingerprint density at radius 2 is 1.94 bits per heavy atom. The summed E-state index contributed by atoms with van der Waals surface area (Å²) in [4.78, 5) is 17.7. The standard InChI is InChI=1S/C21H20ClN3O4S2/c1-13-19(30-21(23-13)14-5-4-6-15(22)11-14)20(27)24-17-12-16(7-8-18(17)26)31(28,29)25-9-2-3-10-25/h4-8,11-12,26H,2-3,9-10H2,1H3,(H,24,27). The summed E-state index contributed by atoms with van der Waals surface area (Å²) in [5.41, 5.74) is 1.35. The molecule has 0 aliphatic carbocycles. The van der Waals surface area contributed by atoms with E-state index in [-0.39, 0.29) is 16.3 Å². The number of hydrogen-bond acceptors (Lipinski definition) is 6. The summed E-state index contributed by atoms with van der Waals surface area (Å²) in [6.45, 7) is 2.65. The Bertz CT molecular complexity index is 1250. The van der Waals surface area contributed by atoms with Crippen molar-refractivity contribution in [2.45, 2.75) is 24.7 Å². The number of nitrogens with one attached hydrogen (secondary N) is 1. The lowest BCUT2D eigenvalue weighted by Crippen LogP contribution is -2.28. The second-order valence-corrected chi connectivity index (χ2v) is 10.6. The predicted octanol–water partition coefficient (Wildman–Crippen LogP) is 4.51. The van der Waals surface area contributed by atoms with E-state index < -0.39 is 15.9 Å². The molecular formula is C21H20ClN3O4S2. The number of nitrogens with zero attached hydrogens (tertiary/aromatic N) is 2. The second kappa shape index (κ2) is 8.58. The first-order chi connectivity index (χ1) is 14.8. The first kappa shape index (κ1) is 21.8. The Morgan fingerprint density at radius 3 is 2.65 bits per heavy atom. The number of benzene rings is 2. The molecule has 1 amide bonds. The Labute approximate surface area is 189 Å². The zero-order chi connectivity index (χ0) is 22.2. The van der Waals surface area contributed by atoms with Gasteiger partial charge < -0.3 is 10.4 Å². The molecule has 0 saturated carbocycles. The summed E-state index contributed by atoms with van der Waals surface area (Å²) in [7, 11) is -3.67. The molecule has 7 nitrogen and oxygen atoms in total. The summed E-state index contributed by atoms with van der Waals surface area (Å²) in [6, 6.07) is 11.1. The van der Waals surface area contributed by atoms with Gasteiger partial charge in [-0.2, -0.15) is 4.31 Å². The lowest BCUT2D eigenvalue weighted by Gasteiger charge is -2.16. The summed E-state index contributed by atoms with van der Waals surface area (Å²) >= 11 is 7.24. The summed E-state index contributed by atoms with van der Waals surface area (Å²) < 4.78 is 27.0. The van der Waals surface area contributed by atoms with E-state index in [2.05, 4.69) is 10.3 Å². The molecule has 0 unspecified atom stereocenters. The number of amides is 1. The van der Waals surface area contributed by atoms with Crippen LogP contribution in [0.3, 0.4) is 0 Å². The molecule has 31 heavy (non-hydrogen) atoms. The fraction of sp³-hybridized carbons (Fsp3) is 0.238. The number of rotatable bonds is 5. The van der Waals surface area contributed by atoms with Crippen LogP contribution in [0.4, 0.5) is 5.69 Å². The van der Waals surface area contributed by atoms with Gasteiger partial charge in [-0.15, -0.1) is 11.3 Å². The summed E-state index contributed by atoms with van der Waals surface area (Å²) in [5.74, 6) is -0.694. The van der Waals surface area contributed by atoms with Crippen LogP contribution in [0.15, 0.2) is 47.4 Å². The van der Waals surface area contributed by atoms with Crippen molar-refractivity contribution >= 4 is 44.6 Å². The van der Waals surface area contributed by atoms with Crippen molar-refractivity contribution in [3.63, 3.8) is 0 Å². The Hall–Kier alpha value is -2.46. The van der Waals surface area contributed by atoms with Gasteiger partial charge in [0.2, 0.25) is 10.0 Å². The number of anilines is 1. The number of carbonyl (C=O) groups excluding carboxylic acids is 1. The average molecular weight is 478 g/mol. The van der Waals surface area contributed by atoms with Crippen LogP contribution in [0.25, 0.3) is 10.6 Å². The van der Waals surface area contributed by atoms with Crippen LogP contribution in [0.2, 0.25) is 5.02 Å². The van der Waals surface area contributed by atoms with Crippen molar-refractivity contribution in [1.29, 1.82) is 0 Å². The number of thiazole rings is 1. The fourth-order valence-corrected chi connectivity index (χ4v) is 6.08. The van der Waals surface area contributed by atoms with Crippen molar-refractivity contribution in [1.82, 2.24) is 9.29 Å². The highest BCUT2D eigenvalue weighted by Crippen LogP contribution is 2.32. The second-order valence-electron chi connectivity index (χ2n) is 7.19. The average Bonchev–Trinajstić information content (AvgIpc) is 3.40. The molecule has 162 valence electrons. The summed E-state index contributed by atoms with van der Waals surface area (Å²) in [6.07, 6.45) is 1.64. The van der Waals surface area contributed by atoms with E-state index in [9.17, 15) is 18.3 Å². The Balaban J connectivity index is 1.60. The summed E-state index contributed by atoms with van der Waals surface area (Å²) in [5, 5.41) is 14.0. The van der Waals surface area contributed by atoms with Gasteiger partial charge in [-0.25, -0.2) is 13.4 Å². The molecule has 1 aliphatic heterocycles. The molecule has 0 bridgehead atoms. The molecule has 1 saturated heterocycles. The third kappa shape index (κ3) is 4.45. The van der Waals surface area contributed by atoms with Gasteiger partial charge in [-0.05, 0) is 50.1 Å². The van der Waals surface area contributed by atoms with E-state index >= 15 is 0 Å². The molecule has 2 heterocycles. The molecule has 10 heteroatoms. The topological polar surface area (TPSA) is 99.6 Å². The number of hydrogen-bond donors (Lipinski definition) is 2. The van der Waals surface area contributed by atoms with E-state index in [0.717, 1.165) is 18.4 Å². The van der Waals surface area contributed by atoms with Gasteiger partial charge in [-0.1, -0.05) is 23.7 Å². The van der Waals surface area contributed by atoms with Gasteiger partial charge in [0, 0.05) is 23.7 Å². The highest BCUT2D eigenvalue weighted by atomic mass is 35.5. The van der Waals surface area contributed by atoms with E-state index in [4.69, 9.17) is 11.6 Å². The van der Waals surface area contributed by atoms with Gasteiger partial charge in [0.15, 0.2) is 0 Å². The maximum atomic E-state index is 12.9. The van der Waals surface area contributed by atoms with Crippen molar-refractivity contribution in [3.05, 3.63) is 58.1 Å². The number of phenols is 1. The maximum absolute atomic E-state index is 12.9. The zero-order valence-corrected chi connectivity index (χ0v) is 19.0. The highest BCUT2D eigenvalue weighted by molar-refractivity contribution is 7.89. The van der Waals surface area contributed by atoms with Crippen LogP contribution in [0.5, 0.6) is 5.75 Å². The molecule has 1 fully saturated rings. The van der Waals surface area contributed by atoms with Crippen molar-refractivity contribution in [2.24, 2.45) is 0 Å². The van der Waals surface area contributed by atoms with Crippen LogP contribution in [-0.4, -0.2) is 41.8 Å². The SMILES string of the molecule is Cc1nc(-c2cccc(Cl)c2)sc1C(=O)Nc1cc(S(=O)(=O)N2CCCC2)ccc1O. The largest absolute Gasteiger partial charge is 0.506 e. The van der Waals surface area contributed by atoms with Gasteiger partial charge in [0.05, 0.1) is 16.3 Å². The molecule has 3 aromatic rings. The number of aromatic hydroxyl groups is 1. The molecule has 0 radical (unpaired) electrons. The number of aryl methyl sites for hydroxylation is 1. The molecule has 0 atom stereocenters. The van der Waals surface area contributed by atoms with Crippen LogP contribution in [0.1, 0.15) is 28.2 Å². The van der Waals surface area contributed by atoms with Gasteiger partial charge in [-0.3, -0.25) is 4.79 Å². The number of sulfonamides is 1. The lowest BCUT2D eigenvalue weighted by molar-refractivity contribution is 0.102. The highest BCUT2D eigenvalue weighted by Gasteiger charge is 2.28. The van der Waals surface area contributed by atoms with Crippen LogP contribution < -0.4 is 5.32 Å². The minimum Gasteiger partial charge on any atom is -0.506 e. The number of carbonyl (C=O) groups is 1. The quantitative estimate of drug-likeness (QED) is 0.526. The number of phenolic OH excluding ortho intramolecular Hbond substituents is 1. The normalized spacial score (nSPS) is 14.6. The number of aromatic nitrogens is 1. The molecule has 1 aromatic heterocycles. The van der Waals surface area contributed by atoms with Crippen molar-refractivity contribution in [2.75, 3.05) is 18.4 Å². The monoisotopic (exact) mass is 477 g/mol. The third-order valence-corrected chi connectivity index (χ3v) is 8.33. The van der Waals surface area contributed by atoms with E-state index in [1.165, 1.54) is 33.8 Å². The zero-order valence-electron chi connectivity index (χ0n) is 16.6. The Morgan fingerprint density at radius 1 is 1.19 bits per heavy atom. The minimum atomic E-state index is -3.67. The molecule has 2 N–H and O–H groups in total. The molecule has 2 aromatic carbocycles. The van der Waals surface area contributed by atoms with Crippen molar-refractivity contribution < 1.29 is 18.3 Å². The van der Waals surface area contributed by atoms with Gasteiger partial charge in [0.1, 0.15) is 15.6 Å². The van der Waals surface area contributed by atoms with Crippen molar-refractivity contribution in [3.8, 4) is 16.3 Å². The van der Waals surface area contributed by atoms with Crippen LogP contribution in [-0.2, 0) is 10.0 Å². The third-order valence-electron chi connectivity index (χ3n) is 4.99.